The van der Waals surface area contributed by atoms with E-state index in [1.54, 1.807) is 36.0 Å². The van der Waals surface area contributed by atoms with Gasteiger partial charge in [0.25, 0.3) is 5.69 Å². The van der Waals surface area contributed by atoms with Gasteiger partial charge in [0.15, 0.2) is 0 Å². The van der Waals surface area contributed by atoms with Crippen LogP contribution in [0.3, 0.4) is 0 Å². The standard InChI is InChI=1S/C16H13N3O4/c1-10-7-12(19(22)23)4-5-14(10)18-9-11(8-15(20)21)13-3-2-6-17-16(13)18/h2-7,9H,8H2,1H3,(H,20,21). The lowest BCUT2D eigenvalue weighted by Crippen LogP contribution is -2.00. The van der Waals surface area contributed by atoms with E-state index in [1.807, 2.05) is 6.07 Å². The summed E-state index contributed by atoms with van der Waals surface area (Å²) < 4.78 is 1.77. The second-order valence-corrected chi connectivity index (χ2v) is 5.20. The second kappa shape index (κ2) is 5.53. The minimum absolute atomic E-state index is 0.0152. The van der Waals surface area contributed by atoms with Crippen LogP contribution in [0.4, 0.5) is 5.69 Å². The number of rotatable bonds is 4. The third kappa shape index (κ3) is 2.64. The van der Waals surface area contributed by atoms with Crippen molar-refractivity contribution in [1.82, 2.24) is 9.55 Å². The van der Waals surface area contributed by atoms with Crippen molar-refractivity contribution in [2.75, 3.05) is 0 Å². The average molecular weight is 311 g/mol. The molecule has 7 heteroatoms. The molecule has 0 radical (unpaired) electrons. The molecule has 2 heterocycles. The summed E-state index contributed by atoms with van der Waals surface area (Å²) in [6.07, 6.45) is 3.24. The van der Waals surface area contributed by atoms with Gasteiger partial charge in [0.2, 0.25) is 0 Å². The van der Waals surface area contributed by atoms with Crippen LogP contribution in [0.25, 0.3) is 16.7 Å². The molecule has 2 aromatic heterocycles. The van der Waals surface area contributed by atoms with Gasteiger partial charge < -0.3 is 9.67 Å². The van der Waals surface area contributed by atoms with Crippen molar-refractivity contribution in [3.8, 4) is 5.69 Å². The lowest BCUT2D eigenvalue weighted by molar-refractivity contribution is -0.384. The van der Waals surface area contributed by atoms with Crippen molar-refractivity contribution >= 4 is 22.7 Å². The van der Waals surface area contributed by atoms with Gasteiger partial charge in [-0.2, -0.15) is 0 Å². The average Bonchev–Trinajstić information content (AvgIpc) is 2.85. The Kier molecular flexibility index (Phi) is 3.53. The molecule has 1 aromatic carbocycles. The number of aliphatic carboxylic acids is 1. The van der Waals surface area contributed by atoms with E-state index in [2.05, 4.69) is 4.98 Å². The summed E-state index contributed by atoms with van der Waals surface area (Å²) >= 11 is 0. The fourth-order valence-corrected chi connectivity index (χ4v) is 2.64. The number of aromatic nitrogens is 2. The maximum absolute atomic E-state index is 11.0. The maximum atomic E-state index is 11.0. The quantitative estimate of drug-likeness (QED) is 0.590. The Bertz CT molecular complexity index is 930. The zero-order valence-corrected chi connectivity index (χ0v) is 12.3. The van der Waals surface area contributed by atoms with Crippen LogP contribution in [0, 0.1) is 17.0 Å². The van der Waals surface area contributed by atoms with Gasteiger partial charge in [-0.3, -0.25) is 14.9 Å². The van der Waals surface area contributed by atoms with E-state index in [0.29, 0.717) is 16.8 Å². The molecule has 23 heavy (non-hydrogen) atoms. The van der Waals surface area contributed by atoms with Crippen molar-refractivity contribution in [2.24, 2.45) is 0 Å². The Morgan fingerprint density at radius 2 is 2.17 bits per heavy atom. The number of pyridine rings is 1. The van der Waals surface area contributed by atoms with Crippen LogP contribution in [0.1, 0.15) is 11.1 Å². The molecular formula is C16H13N3O4. The van der Waals surface area contributed by atoms with Crippen LogP contribution in [-0.4, -0.2) is 25.6 Å². The number of non-ortho nitro benzene ring substituents is 1. The molecule has 116 valence electrons. The van der Waals surface area contributed by atoms with Gasteiger partial charge in [0, 0.05) is 29.9 Å². The molecule has 0 spiro atoms. The zero-order chi connectivity index (χ0) is 16.6. The molecule has 0 unspecified atom stereocenters. The molecule has 0 aliphatic rings. The first-order valence-electron chi connectivity index (χ1n) is 6.89. The smallest absolute Gasteiger partial charge is 0.307 e. The highest BCUT2D eigenvalue weighted by atomic mass is 16.6. The minimum Gasteiger partial charge on any atom is -0.481 e. The highest BCUT2D eigenvalue weighted by Crippen LogP contribution is 2.27. The maximum Gasteiger partial charge on any atom is 0.307 e. The molecule has 3 rings (SSSR count). The predicted molar refractivity (Wildman–Crippen MR) is 83.8 cm³/mol. The lowest BCUT2D eigenvalue weighted by atomic mass is 10.2. The van der Waals surface area contributed by atoms with Crippen molar-refractivity contribution in [3.63, 3.8) is 0 Å². The molecule has 0 bridgehead atoms. The summed E-state index contributed by atoms with van der Waals surface area (Å²) in [7, 11) is 0. The van der Waals surface area contributed by atoms with Crippen molar-refractivity contribution in [1.29, 1.82) is 0 Å². The van der Waals surface area contributed by atoms with E-state index < -0.39 is 10.9 Å². The molecule has 0 fully saturated rings. The van der Waals surface area contributed by atoms with Gasteiger partial charge in [-0.05, 0) is 36.2 Å². The number of benzene rings is 1. The van der Waals surface area contributed by atoms with Crippen LogP contribution in [0.2, 0.25) is 0 Å². The molecule has 3 aromatic rings. The van der Waals surface area contributed by atoms with Gasteiger partial charge >= 0.3 is 5.97 Å². The fraction of sp³-hybridized carbons (Fsp3) is 0.125. The van der Waals surface area contributed by atoms with Gasteiger partial charge in [-0.15, -0.1) is 0 Å². The van der Waals surface area contributed by atoms with E-state index in [1.165, 1.54) is 12.1 Å². The van der Waals surface area contributed by atoms with Crippen LogP contribution in [0.5, 0.6) is 0 Å². The first-order valence-corrected chi connectivity index (χ1v) is 6.89. The normalized spacial score (nSPS) is 10.8. The summed E-state index contributed by atoms with van der Waals surface area (Å²) in [6.45, 7) is 1.77. The van der Waals surface area contributed by atoms with E-state index >= 15 is 0 Å². The number of hydrogen-bond donors (Lipinski definition) is 1. The van der Waals surface area contributed by atoms with Crippen molar-refractivity contribution in [2.45, 2.75) is 13.3 Å². The van der Waals surface area contributed by atoms with Crippen LogP contribution >= 0.6 is 0 Å². The second-order valence-electron chi connectivity index (χ2n) is 5.20. The topological polar surface area (TPSA) is 98.3 Å². The number of fused-ring (bicyclic) bond motifs is 1. The van der Waals surface area contributed by atoms with Gasteiger partial charge in [0.1, 0.15) is 5.65 Å². The number of aryl methyl sites for hydroxylation is 1. The molecule has 0 atom stereocenters. The lowest BCUT2D eigenvalue weighted by Gasteiger charge is -2.08. The Balaban J connectivity index is 2.20. The minimum atomic E-state index is -0.923. The molecular weight excluding hydrogens is 298 g/mol. The van der Waals surface area contributed by atoms with E-state index in [4.69, 9.17) is 5.11 Å². The summed E-state index contributed by atoms with van der Waals surface area (Å²) in [4.78, 5) is 25.8. The highest BCUT2D eigenvalue weighted by Gasteiger charge is 2.15. The van der Waals surface area contributed by atoms with Crippen LogP contribution in [-0.2, 0) is 11.2 Å². The first kappa shape index (κ1) is 14.7. The molecule has 0 aliphatic heterocycles. The van der Waals surface area contributed by atoms with Crippen molar-refractivity contribution < 1.29 is 14.8 Å². The first-order chi connectivity index (χ1) is 11.0. The van der Waals surface area contributed by atoms with E-state index in [-0.39, 0.29) is 12.1 Å². The molecule has 0 amide bonds. The Morgan fingerprint density at radius 3 is 2.83 bits per heavy atom. The Hall–Kier alpha value is -3.22. The molecule has 1 N–H and O–H groups in total. The zero-order valence-electron chi connectivity index (χ0n) is 12.3. The molecule has 0 aliphatic carbocycles. The predicted octanol–water partition coefficient (Wildman–Crippen LogP) is 2.87. The highest BCUT2D eigenvalue weighted by molar-refractivity contribution is 5.86. The monoisotopic (exact) mass is 311 g/mol. The van der Waals surface area contributed by atoms with Gasteiger partial charge in [-0.1, -0.05) is 0 Å². The number of carboxylic acid groups (broad SMARTS) is 1. The molecule has 0 saturated heterocycles. The summed E-state index contributed by atoms with van der Waals surface area (Å²) in [5, 5.41) is 20.7. The summed E-state index contributed by atoms with van der Waals surface area (Å²) in [5.74, 6) is -0.923. The van der Waals surface area contributed by atoms with Gasteiger partial charge in [-0.25, -0.2) is 4.98 Å². The van der Waals surface area contributed by atoms with E-state index in [9.17, 15) is 14.9 Å². The fourth-order valence-electron chi connectivity index (χ4n) is 2.64. The Labute approximate surface area is 131 Å². The molecule has 0 saturated carbocycles. The SMILES string of the molecule is Cc1cc([N+](=O)[O-])ccc1-n1cc(CC(=O)O)c2cccnc21. The third-order valence-corrected chi connectivity index (χ3v) is 3.64. The number of nitrogens with zero attached hydrogens (tertiary/aromatic N) is 3. The number of nitro benzene ring substituents is 1. The number of nitro groups is 1. The summed E-state index contributed by atoms with van der Waals surface area (Å²) in [6, 6.07) is 8.12. The van der Waals surface area contributed by atoms with Crippen LogP contribution < -0.4 is 0 Å². The molecule has 7 nitrogen and oxygen atoms in total. The number of carbonyl (C=O) groups is 1. The van der Waals surface area contributed by atoms with Crippen molar-refractivity contribution in [3.05, 3.63) is 64.0 Å². The largest absolute Gasteiger partial charge is 0.481 e. The third-order valence-electron chi connectivity index (χ3n) is 3.64. The Morgan fingerprint density at radius 1 is 1.39 bits per heavy atom. The number of hydrogen-bond acceptors (Lipinski definition) is 4. The van der Waals surface area contributed by atoms with E-state index in [0.717, 1.165) is 11.1 Å². The number of carboxylic acids is 1. The van der Waals surface area contributed by atoms with Crippen LogP contribution in [0.15, 0.2) is 42.7 Å². The van der Waals surface area contributed by atoms with Gasteiger partial charge in [0.05, 0.1) is 17.0 Å². The summed E-state index contributed by atoms with van der Waals surface area (Å²) in [5.41, 5.74) is 2.74.